The van der Waals surface area contributed by atoms with Crippen molar-refractivity contribution in [2.75, 3.05) is 0 Å². The molecular formula is C26H32Br2S4. The summed E-state index contributed by atoms with van der Waals surface area (Å²) in [5.74, 6) is 0. The van der Waals surface area contributed by atoms with Gasteiger partial charge in [0.25, 0.3) is 0 Å². The standard InChI is InChI=1S/C26H32Br2S4/c1-3-5-7-9-11-19-13-21(17-29-19)31-25-15-24(28)26(16-23(25)27)32-22-14-20(30-18-22)12-10-8-6-4-2/h13-18H,3-12H2,1-2H3. The molecule has 0 amide bonds. The summed E-state index contributed by atoms with van der Waals surface area (Å²) >= 11 is 15.2. The fraction of sp³-hybridized carbons (Fsp3) is 0.462. The van der Waals surface area contributed by atoms with Gasteiger partial charge in [0.15, 0.2) is 0 Å². The molecule has 0 atom stereocenters. The lowest BCUT2D eigenvalue weighted by atomic mass is 10.1. The molecule has 0 unspecified atom stereocenters. The molecule has 0 aliphatic heterocycles. The van der Waals surface area contributed by atoms with E-state index in [0.717, 1.165) is 0 Å². The van der Waals surface area contributed by atoms with Gasteiger partial charge < -0.3 is 0 Å². The molecule has 174 valence electrons. The second-order valence-corrected chi connectivity index (χ2v) is 14.0. The third kappa shape index (κ3) is 8.81. The van der Waals surface area contributed by atoms with Crippen molar-refractivity contribution in [1.82, 2.24) is 0 Å². The van der Waals surface area contributed by atoms with Crippen LogP contribution in [-0.2, 0) is 12.8 Å². The maximum absolute atomic E-state index is 3.82. The summed E-state index contributed by atoms with van der Waals surface area (Å²) in [6, 6.07) is 9.26. The number of halogens is 2. The maximum Gasteiger partial charge on any atom is 0.0326 e. The average molecular weight is 633 g/mol. The Morgan fingerprint density at radius 3 is 1.47 bits per heavy atom. The molecule has 3 aromatic rings. The van der Waals surface area contributed by atoms with Gasteiger partial charge in [0.05, 0.1) is 0 Å². The van der Waals surface area contributed by atoms with E-state index in [9.17, 15) is 0 Å². The van der Waals surface area contributed by atoms with Gasteiger partial charge in [0.2, 0.25) is 0 Å². The van der Waals surface area contributed by atoms with Crippen LogP contribution in [0.5, 0.6) is 0 Å². The molecular weight excluding hydrogens is 600 g/mol. The number of thiophene rings is 2. The molecule has 0 nitrogen and oxygen atoms in total. The van der Waals surface area contributed by atoms with Crippen molar-refractivity contribution in [3.05, 3.63) is 53.7 Å². The first-order valence-corrected chi connectivity index (χ1v) is 16.6. The van der Waals surface area contributed by atoms with Gasteiger partial charge in [0, 0.05) is 49.0 Å². The van der Waals surface area contributed by atoms with Gasteiger partial charge in [0.1, 0.15) is 0 Å². The summed E-state index contributed by atoms with van der Waals surface area (Å²) in [6.07, 6.45) is 13.0. The van der Waals surface area contributed by atoms with Crippen molar-refractivity contribution in [3.63, 3.8) is 0 Å². The van der Waals surface area contributed by atoms with Crippen LogP contribution in [0.1, 0.15) is 75.0 Å². The zero-order chi connectivity index (χ0) is 22.8. The maximum atomic E-state index is 3.82. The minimum Gasteiger partial charge on any atom is -0.148 e. The second-order valence-electron chi connectivity index (χ2n) is 8.04. The van der Waals surface area contributed by atoms with Crippen LogP contribution in [0.2, 0.25) is 0 Å². The number of benzene rings is 1. The van der Waals surface area contributed by atoms with Crippen molar-refractivity contribution >= 4 is 78.1 Å². The second kappa shape index (κ2) is 14.6. The van der Waals surface area contributed by atoms with Gasteiger partial charge in [-0.1, -0.05) is 75.9 Å². The Morgan fingerprint density at radius 1 is 0.625 bits per heavy atom. The SMILES string of the molecule is CCCCCCc1cc(Sc2cc(Br)c(Sc3csc(CCCCCC)c3)cc2Br)cs1. The van der Waals surface area contributed by atoms with E-state index < -0.39 is 0 Å². The minimum absolute atomic E-state index is 1.17. The molecule has 0 bridgehead atoms. The largest absolute Gasteiger partial charge is 0.148 e. The first-order valence-electron chi connectivity index (χ1n) is 11.6. The minimum atomic E-state index is 1.17. The summed E-state index contributed by atoms with van der Waals surface area (Å²) in [4.78, 5) is 8.23. The molecule has 3 rings (SSSR count). The molecule has 6 heteroatoms. The Kier molecular flexibility index (Phi) is 12.3. The van der Waals surface area contributed by atoms with Gasteiger partial charge in [-0.15, -0.1) is 22.7 Å². The van der Waals surface area contributed by atoms with E-state index in [0.29, 0.717) is 0 Å². The highest BCUT2D eigenvalue weighted by atomic mass is 79.9. The van der Waals surface area contributed by atoms with Crippen molar-refractivity contribution in [1.29, 1.82) is 0 Å². The molecule has 1 aromatic carbocycles. The highest BCUT2D eigenvalue weighted by molar-refractivity contribution is 9.11. The third-order valence-electron chi connectivity index (χ3n) is 5.25. The fourth-order valence-corrected chi connectivity index (χ4v) is 8.92. The Bertz CT molecular complexity index is 883. The van der Waals surface area contributed by atoms with Crippen molar-refractivity contribution in [3.8, 4) is 0 Å². The van der Waals surface area contributed by atoms with Crippen LogP contribution in [0.3, 0.4) is 0 Å². The molecule has 0 spiro atoms. The summed E-state index contributed by atoms with van der Waals surface area (Å²) in [7, 11) is 0. The molecule has 2 aromatic heterocycles. The third-order valence-corrected chi connectivity index (χ3v) is 11.4. The highest BCUT2D eigenvalue weighted by Gasteiger charge is 2.12. The smallest absolute Gasteiger partial charge is 0.0326 e. The Morgan fingerprint density at radius 2 is 1.06 bits per heavy atom. The lowest BCUT2D eigenvalue weighted by Gasteiger charge is -2.09. The quantitative estimate of drug-likeness (QED) is 0.162. The lowest BCUT2D eigenvalue weighted by Crippen LogP contribution is -1.82. The molecule has 0 N–H and O–H groups in total. The highest BCUT2D eigenvalue weighted by Crippen LogP contribution is 2.43. The van der Waals surface area contributed by atoms with Crippen LogP contribution in [0, 0.1) is 0 Å². The summed E-state index contributed by atoms with van der Waals surface area (Å²) in [5.41, 5.74) is 0. The zero-order valence-corrected chi connectivity index (χ0v) is 25.4. The normalized spacial score (nSPS) is 11.4. The first-order chi connectivity index (χ1) is 15.6. The van der Waals surface area contributed by atoms with E-state index in [2.05, 4.69) is 80.7 Å². The fourth-order valence-electron chi connectivity index (χ4n) is 3.46. The van der Waals surface area contributed by atoms with Gasteiger partial charge in [-0.2, -0.15) is 0 Å². The van der Waals surface area contributed by atoms with Crippen LogP contribution in [0.15, 0.2) is 63.6 Å². The molecule has 2 heterocycles. The number of hydrogen-bond acceptors (Lipinski definition) is 4. The monoisotopic (exact) mass is 630 g/mol. The Hall–Kier alpha value is 0.280. The van der Waals surface area contributed by atoms with Gasteiger partial charge in [-0.25, -0.2) is 0 Å². The van der Waals surface area contributed by atoms with E-state index in [1.807, 2.05) is 46.2 Å². The van der Waals surface area contributed by atoms with Crippen molar-refractivity contribution in [2.45, 2.75) is 97.6 Å². The zero-order valence-electron chi connectivity index (χ0n) is 18.9. The topological polar surface area (TPSA) is 0 Å². The predicted molar refractivity (Wildman–Crippen MR) is 154 cm³/mol. The predicted octanol–water partition coefficient (Wildman–Crippen LogP) is 11.9. The molecule has 0 radical (unpaired) electrons. The summed E-state index contributed by atoms with van der Waals surface area (Å²) in [5, 5.41) is 4.60. The molecule has 0 saturated carbocycles. The molecule has 0 aliphatic rings. The van der Waals surface area contributed by atoms with Gasteiger partial charge in [-0.05, 0) is 81.8 Å². The van der Waals surface area contributed by atoms with Crippen LogP contribution < -0.4 is 0 Å². The van der Waals surface area contributed by atoms with E-state index in [1.54, 1.807) is 0 Å². The van der Waals surface area contributed by atoms with Crippen molar-refractivity contribution < 1.29 is 0 Å². The van der Waals surface area contributed by atoms with E-state index in [4.69, 9.17) is 0 Å². The molecule has 0 fully saturated rings. The van der Waals surface area contributed by atoms with E-state index in [-0.39, 0.29) is 0 Å². The van der Waals surface area contributed by atoms with Gasteiger partial charge >= 0.3 is 0 Å². The van der Waals surface area contributed by atoms with Gasteiger partial charge in [-0.3, -0.25) is 0 Å². The van der Waals surface area contributed by atoms with Crippen LogP contribution >= 0.6 is 78.1 Å². The number of unbranched alkanes of at least 4 members (excludes halogenated alkanes) is 6. The number of rotatable bonds is 14. The average Bonchev–Trinajstić information content (AvgIpc) is 3.42. The number of aryl methyl sites for hydroxylation is 2. The summed E-state index contributed by atoms with van der Waals surface area (Å²) in [6.45, 7) is 4.54. The molecule has 0 saturated heterocycles. The Labute approximate surface area is 227 Å². The van der Waals surface area contributed by atoms with Crippen molar-refractivity contribution in [2.24, 2.45) is 0 Å². The first kappa shape index (κ1) is 26.9. The van der Waals surface area contributed by atoms with E-state index in [1.165, 1.54) is 102 Å². The molecule has 0 aliphatic carbocycles. The number of hydrogen-bond donors (Lipinski definition) is 0. The van der Waals surface area contributed by atoms with E-state index >= 15 is 0 Å². The van der Waals surface area contributed by atoms with Crippen LogP contribution in [0.4, 0.5) is 0 Å². The lowest BCUT2D eigenvalue weighted by molar-refractivity contribution is 0.670. The molecule has 32 heavy (non-hydrogen) atoms. The van der Waals surface area contributed by atoms with Crippen LogP contribution in [0.25, 0.3) is 0 Å². The Balaban J connectivity index is 1.57. The van der Waals surface area contributed by atoms with Crippen LogP contribution in [-0.4, -0.2) is 0 Å². The summed E-state index contributed by atoms with van der Waals surface area (Å²) < 4.78 is 2.33.